The van der Waals surface area contributed by atoms with Gasteiger partial charge in [0.2, 0.25) is 5.91 Å². The zero-order valence-electron chi connectivity index (χ0n) is 17.7. The summed E-state index contributed by atoms with van der Waals surface area (Å²) in [5.74, 6) is 0.0442. The molecule has 1 fully saturated rings. The number of hydrogen-bond acceptors (Lipinski definition) is 5. The molecule has 7 nitrogen and oxygen atoms in total. The van der Waals surface area contributed by atoms with Crippen molar-refractivity contribution in [3.63, 3.8) is 0 Å². The van der Waals surface area contributed by atoms with Gasteiger partial charge in [-0.05, 0) is 43.3 Å². The number of carbonyl (C=O) groups is 2. The number of amides is 2. The van der Waals surface area contributed by atoms with Crippen molar-refractivity contribution in [1.29, 1.82) is 0 Å². The Kier molecular flexibility index (Phi) is 8.55. The van der Waals surface area contributed by atoms with Crippen LogP contribution in [0.4, 0.5) is 5.69 Å². The summed E-state index contributed by atoms with van der Waals surface area (Å²) in [6.07, 6.45) is 0. The van der Waals surface area contributed by atoms with Gasteiger partial charge < -0.3 is 24.6 Å². The predicted molar refractivity (Wildman–Crippen MR) is 121 cm³/mol. The van der Waals surface area contributed by atoms with Gasteiger partial charge in [0.05, 0.1) is 18.7 Å². The fraction of sp³-hybridized carbons (Fsp3) is 0.391. The van der Waals surface area contributed by atoms with E-state index >= 15 is 0 Å². The number of halogens is 1. The van der Waals surface area contributed by atoms with Gasteiger partial charge in [0.25, 0.3) is 5.91 Å². The van der Waals surface area contributed by atoms with Crippen LogP contribution in [0.3, 0.4) is 0 Å². The van der Waals surface area contributed by atoms with E-state index in [0.29, 0.717) is 49.2 Å². The molecule has 1 aliphatic heterocycles. The molecule has 31 heavy (non-hydrogen) atoms. The largest absolute Gasteiger partial charge is 0.490 e. The first-order chi connectivity index (χ1) is 15.1. The number of para-hydroxylation sites is 1. The van der Waals surface area contributed by atoms with Gasteiger partial charge in [-0.3, -0.25) is 9.59 Å². The monoisotopic (exact) mass is 445 g/mol. The van der Waals surface area contributed by atoms with Crippen LogP contribution in [0.2, 0.25) is 5.02 Å². The zero-order valence-corrected chi connectivity index (χ0v) is 18.4. The van der Waals surface area contributed by atoms with Crippen LogP contribution in [0.25, 0.3) is 0 Å². The van der Waals surface area contributed by atoms with Gasteiger partial charge in [-0.15, -0.1) is 0 Å². The van der Waals surface area contributed by atoms with Gasteiger partial charge in [0.15, 0.2) is 0 Å². The normalized spacial score (nSPS) is 13.7. The fourth-order valence-corrected chi connectivity index (χ4v) is 3.49. The Labute approximate surface area is 187 Å². The van der Waals surface area contributed by atoms with Crippen molar-refractivity contribution >= 4 is 29.1 Å². The summed E-state index contributed by atoms with van der Waals surface area (Å²) in [5.41, 5.74) is 1.49. The lowest BCUT2D eigenvalue weighted by Crippen LogP contribution is -2.51. The first-order valence-electron chi connectivity index (χ1n) is 10.4. The van der Waals surface area contributed by atoms with Crippen molar-refractivity contribution in [2.75, 3.05) is 57.4 Å². The zero-order chi connectivity index (χ0) is 22.1. The number of nitrogens with zero attached hydrogens (tertiary/aromatic N) is 2. The molecule has 2 aromatic carbocycles. The molecule has 0 aliphatic carbocycles. The molecule has 0 radical (unpaired) electrons. The highest BCUT2D eigenvalue weighted by atomic mass is 35.5. The van der Waals surface area contributed by atoms with Crippen molar-refractivity contribution < 1.29 is 19.1 Å². The number of piperazine rings is 1. The number of benzene rings is 2. The molecule has 1 saturated heterocycles. The Balaban J connectivity index is 1.47. The molecular weight excluding hydrogens is 418 g/mol. The van der Waals surface area contributed by atoms with Gasteiger partial charge >= 0.3 is 0 Å². The molecule has 2 amide bonds. The third-order valence-electron chi connectivity index (χ3n) is 5.05. The SMILES string of the molecule is CCOCCOc1ccccc1C(=O)NCC(=O)N1CCN(c2ccc(Cl)cc2)CC1. The topological polar surface area (TPSA) is 71.1 Å². The Morgan fingerprint density at radius 3 is 2.42 bits per heavy atom. The van der Waals surface area contributed by atoms with Crippen molar-refractivity contribution in [1.82, 2.24) is 10.2 Å². The summed E-state index contributed by atoms with van der Waals surface area (Å²) in [5, 5.41) is 3.42. The number of anilines is 1. The van der Waals surface area contributed by atoms with E-state index in [1.807, 2.05) is 31.2 Å². The van der Waals surface area contributed by atoms with Crippen LogP contribution in [0.5, 0.6) is 5.75 Å². The van der Waals surface area contributed by atoms with E-state index in [9.17, 15) is 9.59 Å². The van der Waals surface area contributed by atoms with Crippen LogP contribution in [-0.2, 0) is 9.53 Å². The van der Waals surface area contributed by atoms with Crippen LogP contribution in [0.1, 0.15) is 17.3 Å². The standard InChI is InChI=1S/C23H28ClN3O4/c1-2-30-15-16-31-21-6-4-3-5-20(21)23(29)25-17-22(28)27-13-11-26(12-14-27)19-9-7-18(24)8-10-19/h3-10H,2,11-17H2,1H3,(H,25,29). The fourth-order valence-electron chi connectivity index (χ4n) is 3.36. The van der Waals surface area contributed by atoms with E-state index in [1.54, 1.807) is 29.2 Å². The highest BCUT2D eigenvalue weighted by Crippen LogP contribution is 2.20. The van der Waals surface area contributed by atoms with E-state index in [0.717, 1.165) is 18.8 Å². The maximum atomic E-state index is 12.6. The molecule has 1 N–H and O–H groups in total. The summed E-state index contributed by atoms with van der Waals surface area (Å²) in [6, 6.07) is 14.7. The molecule has 0 spiro atoms. The molecule has 1 aliphatic rings. The molecule has 1 heterocycles. The minimum Gasteiger partial charge on any atom is -0.490 e. The number of rotatable bonds is 9. The summed E-state index contributed by atoms with van der Waals surface area (Å²) < 4.78 is 10.9. The summed E-state index contributed by atoms with van der Waals surface area (Å²) in [7, 11) is 0. The third-order valence-corrected chi connectivity index (χ3v) is 5.30. The minimum atomic E-state index is -0.333. The molecule has 0 unspecified atom stereocenters. The van der Waals surface area contributed by atoms with Gasteiger partial charge in [-0.1, -0.05) is 23.7 Å². The Morgan fingerprint density at radius 2 is 1.71 bits per heavy atom. The molecule has 0 aromatic heterocycles. The Bertz CT molecular complexity index is 867. The molecule has 166 valence electrons. The smallest absolute Gasteiger partial charge is 0.255 e. The average Bonchev–Trinajstić information content (AvgIpc) is 2.81. The number of hydrogen-bond donors (Lipinski definition) is 1. The highest BCUT2D eigenvalue weighted by Gasteiger charge is 2.22. The summed E-state index contributed by atoms with van der Waals surface area (Å²) in [4.78, 5) is 29.2. The van der Waals surface area contributed by atoms with E-state index < -0.39 is 0 Å². The van der Waals surface area contributed by atoms with Crippen LogP contribution in [-0.4, -0.2) is 69.3 Å². The van der Waals surface area contributed by atoms with Crippen LogP contribution < -0.4 is 15.0 Å². The molecule has 0 bridgehead atoms. The first kappa shape index (κ1) is 22.9. The molecule has 8 heteroatoms. The molecule has 2 aromatic rings. The van der Waals surface area contributed by atoms with Crippen molar-refractivity contribution in [2.45, 2.75) is 6.92 Å². The molecular formula is C23H28ClN3O4. The first-order valence-corrected chi connectivity index (χ1v) is 10.8. The predicted octanol–water partition coefficient (Wildman–Crippen LogP) is 2.83. The Morgan fingerprint density at radius 1 is 1.00 bits per heavy atom. The molecule has 0 atom stereocenters. The quantitative estimate of drug-likeness (QED) is 0.601. The second kappa shape index (κ2) is 11.6. The van der Waals surface area contributed by atoms with Crippen molar-refractivity contribution in [3.05, 3.63) is 59.1 Å². The highest BCUT2D eigenvalue weighted by molar-refractivity contribution is 6.30. The maximum Gasteiger partial charge on any atom is 0.255 e. The number of nitrogens with one attached hydrogen (secondary N) is 1. The lowest BCUT2D eigenvalue weighted by Gasteiger charge is -2.36. The van der Waals surface area contributed by atoms with E-state index in [2.05, 4.69) is 10.2 Å². The van der Waals surface area contributed by atoms with Gasteiger partial charge in [0, 0.05) is 43.5 Å². The molecule has 0 saturated carbocycles. The van der Waals surface area contributed by atoms with E-state index in [1.165, 1.54) is 0 Å². The van der Waals surface area contributed by atoms with Gasteiger partial charge in [0.1, 0.15) is 12.4 Å². The third kappa shape index (κ3) is 6.60. The van der Waals surface area contributed by atoms with Crippen LogP contribution in [0, 0.1) is 0 Å². The Hall–Kier alpha value is -2.77. The van der Waals surface area contributed by atoms with E-state index in [-0.39, 0.29) is 18.4 Å². The van der Waals surface area contributed by atoms with Crippen LogP contribution in [0.15, 0.2) is 48.5 Å². The van der Waals surface area contributed by atoms with Crippen molar-refractivity contribution in [3.8, 4) is 5.75 Å². The lowest BCUT2D eigenvalue weighted by molar-refractivity contribution is -0.130. The average molecular weight is 446 g/mol. The van der Waals surface area contributed by atoms with Crippen LogP contribution >= 0.6 is 11.6 Å². The van der Waals surface area contributed by atoms with E-state index in [4.69, 9.17) is 21.1 Å². The van der Waals surface area contributed by atoms with Gasteiger partial charge in [-0.2, -0.15) is 0 Å². The second-order valence-corrected chi connectivity index (χ2v) is 7.50. The second-order valence-electron chi connectivity index (χ2n) is 7.07. The summed E-state index contributed by atoms with van der Waals surface area (Å²) in [6.45, 7) is 5.96. The van der Waals surface area contributed by atoms with Gasteiger partial charge in [-0.25, -0.2) is 0 Å². The maximum absolute atomic E-state index is 12.6. The summed E-state index contributed by atoms with van der Waals surface area (Å²) >= 11 is 5.95. The van der Waals surface area contributed by atoms with Crippen molar-refractivity contribution in [2.24, 2.45) is 0 Å². The molecule has 3 rings (SSSR count). The minimum absolute atomic E-state index is 0.0486. The lowest BCUT2D eigenvalue weighted by atomic mass is 10.2. The number of carbonyl (C=O) groups excluding carboxylic acids is 2. The number of ether oxygens (including phenoxy) is 2.